The van der Waals surface area contributed by atoms with E-state index in [-0.39, 0.29) is 6.73 Å². The standard InChI is InChI=1S/C28H32FN7O/c1-18(31-2)26-28(33-17-37-3)36(27(34-26)22-11-23(29)14-32-13-22)15-19-4-5-24(21(10-19)12-30)25-16-35-8-6-20(25)7-9-35/h4-5,10-11,13-14,20,25,27,34H,2,6-9,15-17H2,1,3H3/b26-18+,33-28+. The number of pyridine rings is 1. The molecule has 0 radical (unpaired) electrons. The third-order valence-corrected chi connectivity index (χ3v) is 7.72. The zero-order valence-electron chi connectivity index (χ0n) is 21.3. The summed E-state index contributed by atoms with van der Waals surface area (Å²) in [6.45, 7) is 9.47. The maximum absolute atomic E-state index is 14.1. The average molecular weight is 502 g/mol. The molecule has 4 saturated heterocycles. The smallest absolute Gasteiger partial charge is 0.153 e. The molecule has 0 amide bonds. The van der Waals surface area contributed by atoms with E-state index in [4.69, 9.17) is 4.74 Å². The van der Waals surface area contributed by atoms with Gasteiger partial charge in [-0.25, -0.2) is 9.38 Å². The number of ether oxygens (including phenoxy) is 1. The third-order valence-electron chi connectivity index (χ3n) is 7.72. The molecule has 192 valence electrons. The zero-order chi connectivity index (χ0) is 25.9. The van der Waals surface area contributed by atoms with Gasteiger partial charge >= 0.3 is 0 Å². The summed E-state index contributed by atoms with van der Waals surface area (Å²) in [6.07, 6.45) is 4.79. The van der Waals surface area contributed by atoms with Gasteiger partial charge in [-0.15, -0.1) is 0 Å². The van der Waals surface area contributed by atoms with Gasteiger partial charge in [0.15, 0.2) is 5.84 Å². The molecule has 4 aliphatic heterocycles. The average Bonchev–Trinajstić information content (AvgIpc) is 3.29. The second-order valence-corrected chi connectivity index (χ2v) is 9.91. The molecule has 0 saturated carbocycles. The van der Waals surface area contributed by atoms with Crippen molar-refractivity contribution in [2.75, 3.05) is 33.5 Å². The van der Waals surface area contributed by atoms with E-state index in [9.17, 15) is 9.65 Å². The summed E-state index contributed by atoms with van der Waals surface area (Å²) in [6, 6.07) is 10.1. The molecule has 2 bridgehead atoms. The van der Waals surface area contributed by atoms with Crippen molar-refractivity contribution >= 4 is 12.6 Å². The van der Waals surface area contributed by atoms with Gasteiger partial charge in [0.1, 0.15) is 24.4 Å². The lowest BCUT2D eigenvalue weighted by atomic mass is 9.74. The predicted molar refractivity (Wildman–Crippen MR) is 140 cm³/mol. The number of nitrogens with one attached hydrogen (secondary N) is 1. The summed E-state index contributed by atoms with van der Waals surface area (Å²) in [5, 5.41) is 13.5. The molecule has 2 atom stereocenters. The van der Waals surface area contributed by atoms with Crippen LogP contribution >= 0.6 is 0 Å². The van der Waals surface area contributed by atoms with E-state index in [1.54, 1.807) is 13.3 Å². The Hall–Kier alpha value is -3.61. The monoisotopic (exact) mass is 501 g/mol. The van der Waals surface area contributed by atoms with Gasteiger partial charge in [-0.2, -0.15) is 5.26 Å². The lowest BCUT2D eigenvalue weighted by molar-refractivity contribution is 0.0870. The van der Waals surface area contributed by atoms with Gasteiger partial charge in [-0.1, -0.05) is 12.1 Å². The quantitative estimate of drug-likeness (QED) is 0.578. The lowest BCUT2D eigenvalue weighted by Crippen LogP contribution is -2.46. The molecule has 9 heteroatoms. The molecule has 4 aliphatic rings. The summed E-state index contributed by atoms with van der Waals surface area (Å²) in [5.41, 5.74) is 4.86. The summed E-state index contributed by atoms with van der Waals surface area (Å²) in [4.78, 5) is 17.4. The molecule has 5 heterocycles. The number of rotatable bonds is 7. The van der Waals surface area contributed by atoms with E-state index in [1.165, 1.54) is 25.1 Å². The number of benzene rings is 1. The van der Waals surface area contributed by atoms with Gasteiger partial charge in [0.2, 0.25) is 0 Å². The molecular weight excluding hydrogens is 469 g/mol. The van der Waals surface area contributed by atoms with Crippen molar-refractivity contribution in [3.8, 4) is 6.07 Å². The number of amidine groups is 1. The number of methoxy groups -OCH3 is 1. The summed E-state index contributed by atoms with van der Waals surface area (Å²) in [5.74, 6) is 1.27. The van der Waals surface area contributed by atoms with E-state index < -0.39 is 12.0 Å². The topological polar surface area (TPSA) is 89.1 Å². The van der Waals surface area contributed by atoms with Gasteiger partial charge < -0.3 is 19.9 Å². The molecule has 37 heavy (non-hydrogen) atoms. The first-order valence-corrected chi connectivity index (χ1v) is 12.6. The SMILES string of the molecule is C=N/C(C)=C1/NC(c2cncc(F)c2)N(Cc2ccc(C3CN4CCC3CC4)c(C#N)c2)/C1=N/COC. The van der Waals surface area contributed by atoms with Crippen LogP contribution in [0.25, 0.3) is 0 Å². The van der Waals surface area contributed by atoms with Gasteiger partial charge in [0.25, 0.3) is 0 Å². The first kappa shape index (κ1) is 25.1. The maximum Gasteiger partial charge on any atom is 0.153 e. The van der Waals surface area contributed by atoms with Crippen LogP contribution in [-0.4, -0.2) is 60.8 Å². The number of aliphatic imine (C=N–C) groups is 2. The highest BCUT2D eigenvalue weighted by molar-refractivity contribution is 6.00. The van der Waals surface area contributed by atoms with E-state index in [2.05, 4.69) is 50.1 Å². The van der Waals surface area contributed by atoms with Crippen LogP contribution in [0.15, 0.2) is 58.0 Å². The highest BCUT2D eigenvalue weighted by atomic mass is 19.1. The molecule has 8 nitrogen and oxygen atoms in total. The Bertz CT molecular complexity index is 1280. The number of hydrogen-bond donors (Lipinski definition) is 1. The van der Waals surface area contributed by atoms with Gasteiger partial charge in [0.05, 0.1) is 23.5 Å². The van der Waals surface area contributed by atoms with E-state index >= 15 is 0 Å². The Kier molecular flexibility index (Phi) is 7.31. The largest absolute Gasteiger partial charge is 0.362 e. The number of hydrogen-bond acceptors (Lipinski definition) is 7. The van der Waals surface area contributed by atoms with Gasteiger partial charge in [-0.3, -0.25) is 9.98 Å². The summed E-state index contributed by atoms with van der Waals surface area (Å²) in [7, 11) is 1.58. The molecule has 4 fully saturated rings. The Labute approximate surface area is 217 Å². The van der Waals surface area contributed by atoms with Crippen molar-refractivity contribution in [1.29, 1.82) is 5.26 Å². The van der Waals surface area contributed by atoms with Crippen LogP contribution in [-0.2, 0) is 11.3 Å². The predicted octanol–water partition coefficient (Wildman–Crippen LogP) is 3.94. The van der Waals surface area contributed by atoms with Crippen LogP contribution in [0.3, 0.4) is 0 Å². The van der Waals surface area contributed by atoms with Crippen LogP contribution < -0.4 is 5.32 Å². The second-order valence-electron chi connectivity index (χ2n) is 9.91. The Balaban J connectivity index is 1.51. The first-order valence-electron chi connectivity index (χ1n) is 12.6. The molecule has 0 aliphatic carbocycles. The third kappa shape index (κ3) is 4.99. The normalized spacial score (nSPS) is 27.2. The van der Waals surface area contributed by atoms with Crippen molar-refractivity contribution in [3.63, 3.8) is 0 Å². The molecule has 0 spiro atoms. The van der Waals surface area contributed by atoms with Crippen LogP contribution in [0.5, 0.6) is 0 Å². The Morgan fingerprint density at radius 2 is 2.11 bits per heavy atom. The Morgan fingerprint density at radius 1 is 1.30 bits per heavy atom. The fraction of sp³-hybridized carbons (Fsp3) is 0.429. The molecule has 2 aromatic rings. The van der Waals surface area contributed by atoms with Crippen molar-refractivity contribution in [2.24, 2.45) is 15.9 Å². The minimum atomic E-state index is -0.433. The van der Waals surface area contributed by atoms with Gasteiger partial charge in [-0.05, 0) is 68.7 Å². The number of fused-ring (bicyclic) bond motifs is 3. The molecule has 1 aromatic carbocycles. The number of nitriles is 1. The highest BCUT2D eigenvalue weighted by Gasteiger charge is 2.37. The lowest BCUT2D eigenvalue weighted by Gasteiger charge is -2.45. The van der Waals surface area contributed by atoms with Crippen LogP contribution in [0.4, 0.5) is 4.39 Å². The van der Waals surface area contributed by atoms with Crippen LogP contribution in [0.2, 0.25) is 0 Å². The molecule has 2 unspecified atom stereocenters. The van der Waals surface area contributed by atoms with E-state index in [1.807, 2.05) is 17.9 Å². The van der Waals surface area contributed by atoms with Crippen molar-refractivity contribution in [2.45, 2.75) is 38.4 Å². The number of halogens is 1. The van der Waals surface area contributed by atoms with Crippen LogP contribution in [0, 0.1) is 23.1 Å². The van der Waals surface area contributed by atoms with Gasteiger partial charge in [0, 0.05) is 37.9 Å². The summed E-state index contributed by atoms with van der Waals surface area (Å²) < 4.78 is 19.4. The zero-order valence-corrected chi connectivity index (χ0v) is 21.3. The minimum Gasteiger partial charge on any atom is -0.362 e. The summed E-state index contributed by atoms with van der Waals surface area (Å²) >= 11 is 0. The Morgan fingerprint density at radius 3 is 2.76 bits per heavy atom. The second kappa shape index (κ2) is 10.8. The number of allylic oxidation sites excluding steroid dienone is 1. The van der Waals surface area contributed by atoms with Crippen molar-refractivity contribution < 1.29 is 9.13 Å². The van der Waals surface area contributed by atoms with E-state index in [0.29, 0.717) is 41.2 Å². The van der Waals surface area contributed by atoms with E-state index in [0.717, 1.165) is 36.3 Å². The number of aromatic nitrogens is 1. The highest BCUT2D eigenvalue weighted by Crippen LogP contribution is 2.40. The maximum atomic E-state index is 14.1. The fourth-order valence-electron chi connectivity index (χ4n) is 5.83. The molecule has 6 rings (SSSR count). The van der Waals surface area contributed by atoms with Crippen molar-refractivity contribution in [3.05, 3.63) is 76.1 Å². The molecule has 1 aromatic heterocycles. The number of nitrogens with zero attached hydrogens (tertiary/aromatic N) is 6. The number of piperidine rings is 3. The molecule has 1 N–H and O–H groups in total. The molecular formula is C28H32FN7O. The van der Waals surface area contributed by atoms with Crippen molar-refractivity contribution in [1.82, 2.24) is 20.1 Å². The first-order chi connectivity index (χ1) is 18.0. The fourth-order valence-corrected chi connectivity index (χ4v) is 5.83. The van der Waals surface area contributed by atoms with Crippen LogP contribution in [0.1, 0.15) is 54.1 Å². The minimum absolute atomic E-state index is 0.150.